The molecule has 0 saturated heterocycles. The van der Waals surface area contributed by atoms with E-state index >= 15 is 0 Å². The predicted octanol–water partition coefficient (Wildman–Crippen LogP) is 4.32. The standard InChI is InChI=1S/C27H35N5O2S/c1-20-9-8-12-25-24(20)18-31(35(33,34)27(2,3)4)17-23(14-13-21-10-6-5-7-11-21)32(25)19-26-29-15-22(28)16-30-26/h5-12,15-16,23H,13-14,17-19,28H2,1-4H3. The second-order valence-corrected chi connectivity index (χ2v) is 12.9. The molecular formula is C27H35N5O2S. The van der Waals surface area contributed by atoms with Crippen LogP contribution in [0.25, 0.3) is 0 Å². The molecule has 8 heteroatoms. The number of rotatable bonds is 6. The van der Waals surface area contributed by atoms with Gasteiger partial charge in [-0.2, -0.15) is 4.31 Å². The van der Waals surface area contributed by atoms with E-state index in [1.165, 1.54) is 5.56 Å². The average Bonchev–Trinajstić information content (AvgIpc) is 2.97. The highest BCUT2D eigenvalue weighted by atomic mass is 32.2. The van der Waals surface area contributed by atoms with Gasteiger partial charge >= 0.3 is 0 Å². The van der Waals surface area contributed by atoms with Crippen molar-refractivity contribution < 1.29 is 8.42 Å². The van der Waals surface area contributed by atoms with E-state index in [1.54, 1.807) is 37.5 Å². The van der Waals surface area contributed by atoms with Gasteiger partial charge in [-0.1, -0.05) is 42.5 Å². The summed E-state index contributed by atoms with van der Waals surface area (Å²) in [5, 5.41) is 0. The molecule has 3 aromatic rings. The van der Waals surface area contributed by atoms with Gasteiger partial charge in [-0.3, -0.25) is 0 Å². The lowest BCUT2D eigenvalue weighted by molar-refractivity contribution is 0.358. The summed E-state index contributed by atoms with van der Waals surface area (Å²) in [6.45, 7) is 8.57. The van der Waals surface area contributed by atoms with Crippen LogP contribution < -0.4 is 10.6 Å². The molecule has 1 aliphatic heterocycles. The van der Waals surface area contributed by atoms with E-state index < -0.39 is 14.8 Å². The van der Waals surface area contributed by atoms with Crippen molar-refractivity contribution in [2.75, 3.05) is 17.2 Å². The number of nitrogens with two attached hydrogens (primary N) is 1. The van der Waals surface area contributed by atoms with Gasteiger partial charge in [-0.25, -0.2) is 18.4 Å². The van der Waals surface area contributed by atoms with Gasteiger partial charge in [0.25, 0.3) is 0 Å². The van der Waals surface area contributed by atoms with Crippen molar-refractivity contribution >= 4 is 21.4 Å². The van der Waals surface area contributed by atoms with Crippen LogP contribution in [0.3, 0.4) is 0 Å². The maximum absolute atomic E-state index is 13.7. The molecule has 2 aromatic carbocycles. The van der Waals surface area contributed by atoms with Crippen LogP contribution in [0.5, 0.6) is 0 Å². The second kappa shape index (κ2) is 9.95. The van der Waals surface area contributed by atoms with E-state index in [-0.39, 0.29) is 6.04 Å². The maximum Gasteiger partial charge on any atom is 0.219 e. The van der Waals surface area contributed by atoms with Crippen molar-refractivity contribution in [2.24, 2.45) is 0 Å². The molecule has 7 nitrogen and oxygen atoms in total. The maximum atomic E-state index is 13.7. The summed E-state index contributed by atoms with van der Waals surface area (Å²) in [7, 11) is -3.54. The molecule has 0 spiro atoms. The minimum absolute atomic E-state index is 0.0588. The lowest BCUT2D eigenvalue weighted by Gasteiger charge is -2.35. The molecule has 0 amide bonds. The van der Waals surface area contributed by atoms with Crippen molar-refractivity contribution in [1.82, 2.24) is 14.3 Å². The topological polar surface area (TPSA) is 92.4 Å². The summed E-state index contributed by atoms with van der Waals surface area (Å²) in [4.78, 5) is 11.2. The Bertz CT molecular complexity index is 1250. The SMILES string of the molecule is Cc1cccc2c1CN(S(=O)(=O)C(C)(C)C)CC(CCc1ccccc1)N2Cc1ncc(N)cn1. The molecule has 35 heavy (non-hydrogen) atoms. The molecule has 0 fully saturated rings. The number of aromatic nitrogens is 2. The van der Waals surface area contributed by atoms with E-state index in [4.69, 9.17) is 5.73 Å². The highest BCUT2D eigenvalue weighted by Crippen LogP contribution is 2.35. The number of hydrogen-bond donors (Lipinski definition) is 1. The number of sulfonamides is 1. The van der Waals surface area contributed by atoms with Gasteiger partial charge in [-0.15, -0.1) is 0 Å². The van der Waals surface area contributed by atoms with Gasteiger partial charge in [0.1, 0.15) is 5.82 Å². The Balaban J connectivity index is 1.78. The zero-order valence-corrected chi connectivity index (χ0v) is 21.8. The van der Waals surface area contributed by atoms with Gasteiger partial charge in [0.05, 0.1) is 29.4 Å². The van der Waals surface area contributed by atoms with Crippen LogP contribution >= 0.6 is 0 Å². The van der Waals surface area contributed by atoms with E-state index in [1.807, 2.05) is 37.3 Å². The molecule has 1 aliphatic rings. The van der Waals surface area contributed by atoms with E-state index in [9.17, 15) is 8.42 Å². The monoisotopic (exact) mass is 493 g/mol. The highest BCUT2D eigenvalue weighted by molar-refractivity contribution is 7.90. The first-order valence-electron chi connectivity index (χ1n) is 12.0. The number of benzene rings is 2. The first kappa shape index (κ1) is 25.1. The van der Waals surface area contributed by atoms with Crippen LogP contribution in [0.1, 0.15) is 49.7 Å². The zero-order chi connectivity index (χ0) is 25.2. The predicted molar refractivity (Wildman–Crippen MR) is 141 cm³/mol. The summed E-state index contributed by atoms with van der Waals surface area (Å²) in [6, 6.07) is 16.4. The molecule has 0 aliphatic carbocycles. The molecular weight excluding hydrogens is 458 g/mol. The van der Waals surface area contributed by atoms with Gasteiger partial charge in [-0.05, 0) is 63.3 Å². The van der Waals surface area contributed by atoms with Crippen LogP contribution in [0.4, 0.5) is 11.4 Å². The Morgan fingerprint density at radius 1 is 1.03 bits per heavy atom. The molecule has 1 aromatic heterocycles. The number of anilines is 2. The molecule has 0 saturated carbocycles. The second-order valence-electron chi connectivity index (χ2n) is 10.2. The Kier molecular flexibility index (Phi) is 7.15. The molecule has 1 unspecified atom stereocenters. The largest absolute Gasteiger partial charge is 0.396 e. The van der Waals surface area contributed by atoms with Crippen LogP contribution in [0.2, 0.25) is 0 Å². The minimum atomic E-state index is -3.54. The molecule has 186 valence electrons. The first-order valence-corrected chi connectivity index (χ1v) is 13.5. The summed E-state index contributed by atoms with van der Waals surface area (Å²) in [5.41, 5.74) is 10.7. The third-order valence-electron chi connectivity index (χ3n) is 6.64. The third-order valence-corrected chi connectivity index (χ3v) is 9.15. The van der Waals surface area contributed by atoms with Crippen molar-refractivity contribution in [1.29, 1.82) is 0 Å². The molecule has 2 heterocycles. The van der Waals surface area contributed by atoms with Gasteiger partial charge < -0.3 is 10.6 Å². The number of aryl methyl sites for hydroxylation is 2. The van der Waals surface area contributed by atoms with Gasteiger partial charge in [0.15, 0.2) is 0 Å². The summed E-state index contributed by atoms with van der Waals surface area (Å²) >= 11 is 0. The molecule has 0 radical (unpaired) electrons. The fourth-order valence-electron chi connectivity index (χ4n) is 4.54. The number of nitrogen functional groups attached to an aromatic ring is 1. The quantitative estimate of drug-likeness (QED) is 0.550. The van der Waals surface area contributed by atoms with Crippen LogP contribution in [0, 0.1) is 6.92 Å². The van der Waals surface area contributed by atoms with E-state index in [2.05, 4.69) is 33.1 Å². The highest BCUT2D eigenvalue weighted by Gasteiger charge is 2.40. The Hall–Kier alpha value is -2.97. The van der Waals surface area contributed by atoms with E-state index in [0.29, 0.717) is 31.1 Å². The summed E-state index contributed by atoms with van der Waals surface area (Å²) in [6.07, 6.45) is 4.87. The third kappa shape index (κ3) is 5.49. The van der Waals surface area contributed by atoms with Crippen molar-refractivity contribution in [3.8, 4) is 0 Å². The lowest BCUT2D eigenvalue weighted by atomic mass is 10.0. The van der Waals surface area contributed by atoms with Crippen LogP contribution in [-0.4, -0.2) is 40.0 Å². The van der Waals surface area contributed by atoms with E-state index in [0.717, 1.165) is 29.7 Å². The van der Waals surface area contributed by atoms with Gasteiger partial charge in [0.2, 0.25) is 10.0 Å². The van der Waals surface area contributed by atoms with Crippen LogP contribution in [-0.2, 0) is 29.5 Å². The van der Waals surface area contributed by atoms with Crippen molar-refractivity contribution in [3.05, 3.63) is 83.4 Å². The molecule has 0 bridgehead atoms. The summed E-state index contributed by atoms with van der Waals surface area (Å²) < 4.78 is 28.1. The van der Waals surface area contributed by atoms with Crippen LogP contribution in [0.15, 0.2) is 60.9 Å². The fraction of sp³-hybridized carbons (Fsp3) is 0.407. The number of fused-ring (bicyclic) bond motifs is 1. The average molecular weight is 494 g/mol. The van der Waals surface area contributed by atoms with Crippen molar-refractivity contribution in [2.45, 2.75) is 64.4 Å². The molecule has 2 N–H and O–H groups in total. The smallest absolute Gasteiger partial charge is 0.219 e. The van der Waals surface area contributed by atoms with Gasteiger partial charge in [0, 0.05) is 24.8 Å². The minimum Gasteiger partial charge on any atom is -0.396 e. The fourth-order valence-corrected chi connectivity index (χ4v) is 5.98. The Morgan fingerprint density at radius 3 is 2.37 bits per heavy atom. The number of hydrogen-bond acceptors (Lipinski definition) is 6. The zero-order valence-electron chi connectivity index (χ0n) is 21.0. The first-order chi connectivity index (χ1) is 16.6. The lowest BCUT2D eigenvalue weighted by Crippen LogP contribution is -2.48. The number of nitrogens with zero attached hydrogens (tertiary/aromatic N) is 4. The normalized spacial score (nSPS) is 17.1. The molecule has 1 atom stereocenters. The Morgan fingerprint density at radius 2 is 1.71 bits per heavy atom. The Labute approximate surface area is 209 Å². The molecule has 4 rings (SSSR count). The summed E-state index contributed by atoms with van der Waals surface area (Å²) in [5.74, 6) is 0.656. The van der Waals surface area contributed by atoms with Crippen molar-refractivity contribution in [3.63, 3.8) is 0 Å².